The average Bonchev–Trinajstić information content (AvgIpc) is 0.769. The molecule has 39 heteroatoms. The Hall–Kier alpha value is -14.3. The number of aryl methyl sites for hydroxylation is 3. The topological polar surface area (TPSA) is 614 Å². The van der Waals surface area contributed by atoms with Gasteiger partial charge in [0, 0.05) is 116 Å². The molecular weight excluding hydrogens is 1900 g/mol. The first-order chi connectivity index (χ1) is 68.1. The van der Waals surface area contributed by atoms with Crippen molar-refractivity contribution < 1.29 is 149 Å². The number of primary amides is 4. The van der Waals surface area contributed by atoms with E-state index in [1.165, 1.54) is 56.3 Å². The molecule has 10 aromatic rings. The highest BCUT2D eigenvalue weighted by molar-refractivity contribution is 6.00. The Kier molecular flexibility index (Phi) is 34.9. The van der Waals surface area contributed by atoms with Gasteiger partial charge in [-0.25, -0.2) is 38.4 Å². The second-order valence-electron chi connectivity index (χ2n) is 39.5. The van der Waals surface area contributed by atoms with Crippen molar-refractivity contribution in [3.05, 3.63) is 235 Å². The highest BCUT2D eigenvalue weighted by Crippen LogP contribution is 2.45. The Morgan fingerprint density at radius 1 is 0.363 bits per heavy atom. The number of phenolic OH excluding ortho intramolecular Hbond substituents is 2. The number of nitrogens with two attached hydrogens (primary N) is 4. The number of ether oxygens (including phenoxy) is 12. The number of phenols is 2. The number of rotatable bonds is 26. The van der Waals surface area contributed by atoms with E-state index in [0.29, 0.717) is 73.7 Å². The van der Waals surface area contributed by atoms with Crippen molar-refractivity contribution >= 4 is 91.4 Å². The molecule has 15 N–H and O–H groups in total. The van der Waals surface area contributed by atoms with Crippen molar-refractivity contribution in [2.45, 2.75) is 280 Å². The minimum Gasteiger partial charge on any atom is -0.508 e. The highest BCUT2D eigenvalue weighted by Gasteiger charge is 2.55. The van der Waals surface area contributed by atoms with Gasteiger partial charge < -0.3 is 133 Å². The number of hydrogen-bond donors (Lipinski definition) is 11. The Bertz CT molecular complexity index is 6970. The zero-order chi connectivity index (χ0) is 108. The van der Waals surface area contributed by atoms with Crippen molar-refractivity contribution in [3.8, 4) is 40.2 Å². The Balaban J connectivity index is 0.000000187. The lowest BCUT2D eigenvalue weighted by atomic mass is 9.82. The molecule has 6 aromatic carbocycles. The van der Waals surface area contributed by atoms with Gasteiger partial charge in [0.2, 0.25) is 25.2 Å². The predicted molar refractivity (Wildman–Crippen MR) is 530 cm³/mol. The van der Waals surface area contributed by atoms with Crippen LogP contribution < -0.4 is 64.4 Å². The fraction of sp³-hybridized carbons (Fsp3) is 0.439. The van der Waals surface area contributed by atoms with Crippen LogP contribution in [0.3, 0.4) is 0 Å². The van der Waals surface area contributed by atoms with E-state index in [4.69, 9.17) is 97.4 Å². The summed E-state index contributed by atoms with van der Waals surface area (Å²) in [6.07, 6.45) is -13.8. The number of amides is 4. The van der Waals surface area contributed by atoms with Crippen molar-refractivity contribution in [2.24, 2.45) is 46.6 Å². The minimum absolute atomic E-state index is 0.00680. The van der Waals surface area contributed by atoms with Crippen LogP contribution in [0.5, 0.6) is 40.2 Å². The number of Topliss-reactive ketones (excluding diaryl/α,β-unsaturated/α-hetero) is 4. The van der Waals surface area contributed by atoms with Gasteiger partial charge in [-0.3, -0.25) is 19.2 Å². The molecule has 4 amide bonds. The molecule has 4 aliphatic heterocycles. The first-order valence-electron chi connectivity index (χ1n) is 47.0. The zero-order valence-electron chi connectivity index (χ0n) is 84.9. The summed E-state index contributed by atoms with van der Waals surface area (Å²) in [7, 11) is 0. The van der Waals surface area contributed by atoms with E-state index >= 15 is 0 Å². The number of ketones is 4. The standard InChI is InChI=1S/C32H37NO10.C32H37NO9.C22H27NO8.C21H25NO8/c1-15(2)7-8-18-13-19(9-11-22(18)34)23(35)14-21-25(36)20-10-12-24(16(3)27(20)41-29(21)38)40-30-26(37)28(42-31(33)39)17(4)32(5,6)43-30;1-16(2)7-8-19-13-20(9-11-23(19)34)24(35)15-22-14-21-10-12-25(17(3)27(21)40-29(22)37)39-30-26(36)28(41-31(33)38)18(4)32(5,6)42-30;1-10(24)8-14-9-13-6-7-15(11(2)17(13)29-19(14)26)28-20-16(25)18(30-21(23)27)12(3)22(4,5)31-20;1-10(23)7-13-8-12-5-6-14(9-15(12)28-18(13)25)27-19-16(24)17(29-20(22)26)11(2)21(3,4)30-19/h7,9-13,17,26,28,30,34,36-37H,8,14H2,1-6H3,(H2,33,39);7,9-14,18,26,28,30,34,36H,8,15H2,1-6H3,(H2,33,38);6-7,9,12,16,18,20,25H,8H2,1-5H3,(H2,23,27);5-6,8-9,11,16-17,19,24H,7H2,1-4H3,(H2,22,26)/t17-,26+,28+,30?;18-,26+,28+,30?;12-,16+,18+,20?;11-,16+,17+,19?/m1111/s1. The van der Waals surface area contributed by atoms with E-state index < -0.39 is 167 Å². The number of aliphatic hydroxyl groups is 4. The van der Waals surface area contributed by atoms with Crippen LogP contribution in [0.1, 0.15) is 195 Å². The number of hydrogen-bond acceptors (Lipinski definition) is 35. The summed E-state index contributed by atoms with van der Waals surface area (Å²) in [5, 5.41) is 76.5. The number of carbonyl (C=O) groups excluding carboxylic acids is 8. The van der Waals surface area contributed by atoms with Crippen LogP contribution in [-0.4, -0.2) is 180 Å². The van der Waals surface area contributed by atoms with Gasteiger partial charge in [0.15, 0.2) is 36.0 Å². The number of allylic oxidation sites excluding steroid dienone is 4. The number of aliphatic hydroxyl groups excluding tert-OH is 4. The van der Waals surface area contributed by atoms with E-state index in [1.807, 2.05) is 39.8 Å². The van der Waals surface area contributed by atoms with Crippen molar-refractivity contribution in [1.29, 1.82) is 0 Å². The summed E-state index contributed by atoms with van der Waals surface area (Å²) in [5.74, 6) is -1.72. The van der Waals surface area contributed by atoms with E-state index in [9.17, 15) is 93.3 Å². The molecule has 0 spiro atoms. The van der Waals surface area contributed by atoms with Gasteiger partial charge in [0.25, 0.3) is 0 Å². The van der Waals surface area contributed by atoms with Crippen LogP contribution in [0.15, 0.2) is 169 Å². The number of carbonyl (C=O) groups is 8. The monoisotopic (exact) mass is 2030 g/mol. The van der Waals surface area contributed by atoms with Gasteiger partial charge in [-0.2, -0.15) is 0 Å². The SMILES string of the molecule is CC(=O)Cc1cc2ccc(OC3OC(C)(C)[C@H](C)[C@H](OC(N)=O)[C@@H]3O)c(C)c2oc1=O.CC(=O)Cc1cc2ccc(OC3OC(C)(C)[C@H](C)[C@H](OC(N)=O)[C@@H]3O)cc2oc1=O.CC(C)=CCc1cc(C(=O)Cc2c(O)c3ccc(OC4OC(C)(C)[C@H](C)[C@H](OC(N)=O)[C@@H]4O)c(C)c3oc2=O)ccc1O.CC(C)=CCc1cc(C(=O)Cc2cc3ccc(OC4OC(C)(C)[C@H](C)[C@H](OC(N)=O)[C@@H]4O)c(C)c3oc2=O)ccc1O. The molecule has 0 aliphatic carbocycles. The summed E-state index contributed by atoms with van der Waals surface area (Å²) >= 11 is 0. The highest BCUT2D eigenvalue weighted by atomic mass is 16.7. The largest absolute Gasteiger partial charge is 0.508 e. The molecule has 4 aromatic heterocycles. The van der Waals surface area contributed by atoms with E-state index in [1.54, 1.807) is 171 Å². The normalized spacial score (nSPS) is 23.1. The third-order valence-corrected chi connectivity index (χ3v) is 26.8. The molecule has 4 unspecified atom stereocenters. The predicted octanol–water partition coefficient (Wildman–Crippen LogP) is 13.2. The molecule has 14 rings (SSSR count). The lowest BCUT2D eigenvalue weighted by Gasteiger charge is -2.47. The zero-order valence-corrected chi connectivity index (χ0v) is 84.9. The van der Waals surface area contributed by atoms with Crippen molar-refractivity contribution in [2.75, 3.05) is 0 Å². The number of benzene rings is 6. The first-order valence-corrected chi connectivity index (χ1v) is 47.0. The van der Waals surface area contributed by atoms with E-state index in [0.717, 1.165) is 11.1 Å². The van der Waals surface area contributed by atoms with Gasteiger partial charge in [-0.1, -0.05) is 51.0 Å². The van der Waals surface area contributed by atoms with Crippen LogP contribution in [-0.2, 0) is 86.0 Å². The fourth-order valence-electron chi connectivity index (χ4n) is 17.2. The van der Waals surface area contributed by atoms with Crippen LogP contribution in [0, 0.1) is 44.4 Å². The first kappa shape index (κ1) is 112. The molecule has 146 heavy (non-hydrogen) atoms. The van der Waals surface area contributed by atoms with Crippen LogP contribution >= 0.6 is 0 Å². The molecule has 4 aliphatic rings. The van der Waals surface area contributed by atoms with Crippen LogP contribution in [0.2, 0.25) is 0 Å². The van der Waals surface area contributed by atoms with Gasteiger partial charge in [-0.15, -0.1) is 0 Å². The van der Waals surface area contributed by atoms with Gasteiger partial charge in [0.05, 0.1) is 33.4 Å². The number of aromatic hydroxyl groups is 3. The second kappa shape index (κ2) is 45.5. The van der Waals surface area contributed by atoms with E-state index in [2.05, 4.69) is 0 Å². The van der Waals surface area contributed by atoms with Gasteiger partial charge in [0.1, 0.15) is 98.6 Å². The molecule has 39 nitrogen and oxygen atoms in total. The molecule has 4 saturated heterocycles. The maximum atomic E-state index is 13.1. The maximum absolute atomic E-state index is 13.1. The number of fused-ring (bicyclic) bond motifs is 4. The summed E-state index contributed by atoms with van der Waals surface area (Å²) in [4.78, 5) is 145. The molecular formula is C107H126N4O35. The lowest BCUT2D eigenvalue weighted by molar-refractivity contribution is -0.284. The van der Waals surface area contributed by atoms with Gasteiger partial charge in [-0.05, 0) is 245 Å². The van der Waals surface area contributed by atoms with Crippen LogP contribution in [0.25, 0.3) is 43.9 Å². The maximum Gasteiger partial charge on any atom is 0.404 e. The molecule has 16 atom stereocenters. The summed E-state index contributed by atoms with van der Waals surface area (Å²) in [6.45, 7) is 36.9. The van der Waals surface area contributed by atoms with Crippen LogP contribution in [0.4, 0.5) is 19.2 Å². The molecule has 4 fully saturated rings. The second-order valence-corrected chi connectivity index (χ2v) is 39.5. The van der Waals surface area contributed by atoms with Gasteiger partial charge >= 0.3 is 46.9 Å². The Morgan fingerprint density at radius 2 is 0.678 bits per heavy atom. The summed E-state index contributed by atoms with van der Waals surface area (Å²) in [5.41, 5.74) is 21.3. The quantitative estimate of drug-likeness (QED) is 0.0104. The fourth-order valence-corrected chi connectivity index (χ4v) is 17.2. The average molecular weight is 2030 g/mol. The molecule has 8 heterocycles. The summed E-state index contributed by atoms with van der Waals surface area (Å²) < 4.78 is 89.9. The Labute approximate surface area is 838 Å². The van der Waals surface area contributed by atoms with Crippen molar-refractivity contribution in [1.82, 2.24) is 0 Å². The third-order valence-electron chi connectivity index (χ3n) is 26.8. The molecule has 0 bridgehead atoms. The third kappa shape index (κ3) is 26.3. The minimum atomic E-state index is -1.39. The lowest BCUT2D eigenvalue weighted by Crippen LogP contribution is -2.61. The molecule has 0 saturated carbocycles. The Morgan fingerprint density at radius 3 is 1.03 bits per heavy atom. The molecule has 0 radical (unpaired) electrons. The van der Waals surface area contributed by atoms with Crippen molar-refractivity contribution in [3.63, 3.8) is 0 Å². The molecule has 784 valence electrons. The van der Waals surface area contributed by atoms with E-state index in [-0.39, 0.29) is 133 Å². The smallest absolute Gasteiger partial charge is 0.404 e. The summed E-state index contributed by atoms with van der Waals surface area (Å²) in [6, 6.07) is 28.3.